The second-order valence-electron chi connectivity index (χ2n) is 4.22. The van der Waals surface area contributed by atoms with Crippen LogP contribution in [0.25, 0.3) is 0 Å². The summed E-state index contributed by atoms with van der Waals surface area (Å²) in [6.07, 6.45) is 0.250. The van der Waals surface area contributed by atoms with Gasteiger partial charge < -0.3 is 15.2 Å². The fourth-order valence-corrected chi connectivity index (χ4v) is 1.01. The lowest BCUT2D eigenvalue weighted by Crippen LogP contribution is -2.36. The van der Waals surface area contributed by atoms with Crippen molar-refractivity contribution >= 4 is 0 Å². The zero-order valence-corrected chi connectivity index (χ0v) is 9.26. The fourth-order valence-electron chi connectivity index (χ4n) is 1.01. The van der Waals surface area contributed by atoms with E-state index in [9.17, 15) is 0 Å². The fraction of sp³-hybridized carbons (Fsp3) is 1.00. The number of aliphatic hydroxyl groups is 1. The van der Waals surface area contributed by atoms with Crippen molar-refractivity contribution in [2.45, 2.75) is 33.8 Å². The molecular formula is C10H23NO2. The van der Waals surface area contributed by atoms with Gasteiger partial charge in [0.05, 0.1) is 6.10 Å². The Labute approximate surface area is 81.5 Å². The number of aliphatic hydroxyl groups excluding tert-OH is 1. The lowest BCUT2D eigenvalue weighted by Gasteiger charge is -2.23. The average molecular weight is 189 g/mol. The summed E-state index contributed by atoms with van der Waals surface area (Å²) in [5, 5.41) is 12.3. The second-order valence-corrected chi connectivity index (χ2v) is 4.22. The third kappa shape index (κ3) is 6.99. The lowest BCUT2D eigenvalue weighted by molar-refractivity contribution is 0.0715. The lowest BCUT2D eigenvalue weighted by atomic mass is 9.95. The van der Waals surface area contributed by atoms with E-state index in [2.05, 4.69) is 5.32 Å². The maximum atomic E-state index is 8.99. The van der Waals surface area contributed by atoms with Crippen molar-refractivity contribution in [3.63, 3.8) is 0 Å². The quantitative estimate of drug-likeness (QED) is 0.628. The molecule has 0 radical (unpaired) electrons. The summed E-state index contributed by atoms with van der Waals surface area (Å²) in [7, 11) is 0. The Morgan fingerprint density at radius 1 is 1.46 bits per heavy atom. The second kappa shape index (κ2) is 6.35. The zero-order valence-electron chi connectivity index (χ0n) is 9.26. The van der Waals surface area contributed by atoms with Gasteiger partial charge in [0.1, 0.15) is 0 Å². The van der Waals surface area contributed by atoms with E-state index in [1.165, 1.54) is 0 Å². The molecule has 0 aliphatic rings. The van der Waals surface area contributed by atoms with Crippen LogP contribution in [0.3, 0.4) is 0 Å². The summed E-state index contributed by atoms with van der Waals surface area (Å²) in [5.74, 6) is 0. The Balaban J connectivity index is 3.44. The van der Waals surface area contributed by atoms with Gasteiger partial charge in [-0.3, -0.25) is 0 Å². The molecule has 0 bridgehead atoms. The molecule has 3 heteroatoms. The van der Waals surface area contributed by atoms with Gasteiger partial charge in [-0.15, -0.1) is 0 Å². The van der Waals surface area contributed by atoms with Crippen LogP contribution in [0.2, 0.25) is 0 Å². The topological polar surface area (TPSA) is 41.5 Å². The monoisotopic (exact) mass is 189 g/mol. The molecule has 0 saturated heterocycles. The molecule has 0 aromatic heterocycles. The van der Waals surface area contributed by atoms with E-state index in [-0.39, 0.29) is 18.1 Å². The molecule has 1 unspecified atom stereocenters. The molecule has 0 aromatic rings. The maximum absolute atomic E-state index is 8.99. The standard InChI is InChI=1S/C10H23NO2/c1-5-13-9(2)6-11-7-10(3,4)8-12/h9,11-12H,5-8H2,1-4H3. The zero-order chi connectivity index (χ0) is 10.3. The molecule has 2 N–H and O–H groups in total. The highest BCUT2D eigenvalue weighted by molar-refractivity contribution is 4.70. The summed E-state index contributed by atoms with van der Waals surface area (Å²) in [6.45, 7) is 10.7. The van der Waals surface area contributed by atoms with Gasteiger partial charge in [-0.2, -0.15) is 0 Å². The molecule has 0 heterocycles. The van der Waals surface area contributed by atoms with E-state index in [0.29, 0.717) is 0 Å². The smallest absolute Gasteiger partial charge is 0.0671 e. The summed E-state index contributed by atoms with van der Waals surface area (Å²) in [5.41, 5.74) is -0.0358. The van der Waals surface area contributed by atoms with Gasteiger partial charge in [0.25, 0.3) is 0 Å². The van der Waals surface area contributed by atoms with Crippen molar-refractivity contribution in [2.24, 2.45) is 5.41 Å². The Bertz CT molecular complexity index is 126. The molecule has 0 aliphatic heterocycles. The predicted octanol–water partition coefficient (Wildman–Crippen LogP) is 1.02. The molecule has 0 fully saturated rings. The van der Waals surface area contributed by atoms with Crippen LogP contribution in [0.5, 0.6) is 0 Å². The molecule has 13 heavy (non-hydrogen) atoms. The Kier molecular flexibility index (Phi) is 6.29. The molecule has 0 spiro atoms. The van der Waals surface area contributed by atoms with Gasteiger partial charge in [0.15, 0.2) is 0 Å². The van der Waals surface area contributed by atoms with Gasteiger partial charge in [-0.25, -0.2) is 0 Å². The summed E-state index contributed by atoms with van der Waals surface area (Å²) >= 11 is 0. The van der Waals surface area contributed by atoms with Crippen molar-refractivity contribution < 1.29 is 9.84 Å². The van der Waals surface area contributed by atoms with Crippen LogP contribution in [-0.2, 0) is 4.74 Å². The number of nitrogens with one attached hydrogen (secondary N) is 1. The van der Waals surface area contributed by atoms with E-state index in [1.54, 1.807) is 0 Å². The predicted molar refractivity (Wildman–Crippen MR) is 54.8 cm³/mol. The molecule has 0 rings (SSSR count). The molecule has 3 nitrogen and oxygen atoms in total. The first-order chi connectivity index (χ1) is 6.02. The van der Waals surface area contributed by atoms with Crippen molar-refractivity contribution in [3.05, 3.63) is 0 Å². The van der Waals surface area contributed by atoms with Gasteiger partial charge >= 0.3 is 0 Å². The number of hydrogen-bond donors (Lipinski definition) is 2. The first-order valence-electron chi connectivity index (χ1n) is 4.95. The van der Waals surface area contributed by atoms with Crippen LogP contribution in [0.1, 0.15) is 27.7 Å². The first kappa shape index (κ1) is 12.9. The van der Waals surface area contributed by atoms with Crippen LogP contribution in [0.15, 0.2) is 0 Å². The van der Waals surface area contributed by atoms with E-state index in [1.807, 2.05) is 27.7 Å². The van der Waals surface area contributed by atoms with Gasteiger partial charge in [0.2, 0.25) is 0 Å². The van der Waals surface area contributed by atoms with Gasteiger partial charge in [-0.05, 0) is 13.8 Å². The normalized spacial score (nSPS) is 14.5. The van der Waals surface area contributed by atoms with Crippen molar-refractivity contribution in [1.82, 2.24) is 5.32 Å². The minimum Gasteiger partial charge on any atom is -0.396 e. The van der Waals surface area contributed by atoms with Crippen LogP contribution in [-0.4, -0.2) is 37.5 Å². The first-order valence-corrected chi connectivity index (χ1v) is 4.95. The SMILES string of the molecule is CCOC(C)CNCC(C)(C)CO. The Hall–Kier alpha value is -0.120. The Morgan fingerprint density at radius 2 is 2.08 bits per heavy atom. The molecule has 0 amide bonds. The number of rotatable bonds is 7. The van der Waals surface area contributed by atoms with Crippen LogP contribution in [0.4, 0.5) is 0 Å². The molecule has 0 saturated carbocycles. The third-order valence-electron chi connectivity index (χ3n) is 1.91. The number of hydrogen-bond acceptors (Lipinski definition) is 3. The van der Waals surface area contributed by atoms with E-state index in [0.717, 1.165) is 19.7 Å². The highest BCUT2D eigenvalue weighted by Gasteiger charge is 2.15. The Morgan fingerprint density at radius 3 is 2.54 bits per heavy atom. The van der Waals surface area contributed by atoms with E-state index >= 15 is 0 Å². The van der Waals surface area contributed by atoms with E-state index < -0.39 is 0 Å². The molecule has 80 valence electrons. The minimum absolute atomic E-state index is 0.0358. The summed E-state index contributed by atoms with van der Waals surface area (Å²) in [4.78, 5) is 0. The minimum atomic E-state index is -0.0358. The third-order valence-corrected chi connectivity index (χ3v) is 1.91. The summed E-state index contributed by atoms with van der Waals surface area (Å²) < 4.78 is 5.37. The van der Waals surface area contributed by atoms with Crippen molar-refractivity contribution in [3.8, 4) is 0 Å². The van der Waals surface area contributed by atoms with Crippen molar-refractivity contribution in [1.29, 1.82) is 0 Å². The van der Waals surface area contributed by atoms with E-state index in [4.69, 9.17) is 9.84 Å². The van der Waals surface area contributed by atoms with Crippen LogP contribution < -0.4 is 5.32 Å². The van der Waals surface area contributed by atoms with Gasteiger partial charge in [0, 0.05) is 31.7 Å². The molecule has 0 aliphatic carbocycles. The molecule has 0 aromatic carbocycles. The highest BCUT2D eigenvalue weighted by atomic mass is 16.5. The number of ether oxygens (including phenoxy) is 1. The van der Waals surface area contributed by atoms with Gasteiger partial charge in [-0.1, -0.05) is 13.8 Å². The average Bonchev–Trinajstić information content (AvgIpc) is 2.05. The van der Waals surface area contributed by atoms with Crippen molar-refractivity contribution in [2.75, 3.05) is 26.3 Å². The highest BCUT2D eigenvalue weighted by Crippen LogP contribution is 2.10. The van der Waals surface area contributed by atoms with Crippen LogP contribution >= 0.6 is 0 Å². The largest absolute Gasteiger partial charge is 0.396 e. The molecule has 1 atom stereocenters. The summed E-state index contributed by atoms with van der Waals surface area (Å²) in [6, 6.07) is 0. The van der Waals surface area contributed by atoms with Crippen LogP contribution in [0, 0.1) is 5.41 Å². The maximum Gasteiger partial charge on any atom is 0.0671 e. The molecular weight excluding hydrogens is 166 g/mol.